The lowest BCUT2D eigenvalue weighted by Crippen LogP contribution is -2.45. The number of halogens is 1. The van der Waals surface area contributed by atoms with Gasteiger partial charge in [-0.25, -0.2) is 9.37 Å². The molecule has 1 rings (SSSR count). The summed E-state index contributed by atoms with van der Waals surface area (Å²) in [5.41, 5.74) is 0.0188. The number of anilines is 1. The van der Waals surface area contributed by atoms with Crippen molar-refractivity contribution in [3.63, 3.8) is 0 Å². The molecule has 0 aliphatic rings. The standard InChI is InChI=1S/C15H25FN4O/c1-6-17-14-13(16)11(7-8-18-14)15(21)19-12(10(2)3)9-20(4)5/h7-8,10,12H,6,9H2,1-5H3,(H,17,18)(H,19,21). The summed E-state index contributed by atoms with van der Waals surface area (Å²) in [6.07, 6.45) is 1.44. The van der Waals surface area contributed by atoms with Gasteiger partial charge in [0.2, 0.25) is 0 Å². The van der Waals surface area contributed by atoms with Crippen molar-refractivity contribution in [1.29, 1.82) is 0 Å². The zero-order valence-electron chi connectivity index (χ0n) is 13.4. The zero-order chi connectivity index (χ0) is 16.0. The molecule has 2 N–H and O–H groups in total. The molecule has 1 aromatic rings. The first kappa shape index (κ1) is 17.4. The number of likely N-dealkylation sites (N-methyl/N-ethyl adjacent to an activating group) is 1. The van der Waals surface area contributed by atoms with Crippen LogP contribution in [-0.4, -0.2) is 49.0 Å². The summed E-state index contributed by atoms with van der Waals surface area (Å²) in [6.45, 7) is 7.16. The van der Waals surface area contributed by atoms with E-state index in [0.29, 0.717) is 13.1 Å². The fourth-order valence-electron chi connectivity index (χ4n) is 1.97. The Morgan fingerprint density at radius 3 is 2.62 bits per heavy atom. The van der Waals surface area contributed by atoms with Crippen molar-refractivity contribution in [3.05, 3.63) is 23.6 Å². The molecule has 0 saturated carbocycles. The van der Waals surface area contributed by atoms with Crippen LogP contribution in [0.5, 0.6) is 0 Å². The fraction of sp³-hybridized carbons (Fsp3) is 0.600. The fourth-order valence-corrected chi connectivity index (χ4v) is 1.97. The van der Waals surface area contributed by atoms with Gasteiger partial charge in [-0.3, -0.25) is 4.79 Å². The van der Waals surface area contributed by atoms with E-state index in [9.17, 15) is 9.18 Å². The topological polar surface area (TPSA) is 57.3 Å². The molecule has 1 amide bonds. The molecule has 0 aliphatic heterocycles. The first-order chi connectivity index (χ1) is 9.86. The van der Waals surface area contributed by atoms with E-state index in [2.05, 4.69) is 15.6 Å². The van der Waals surface area contributed by atoms with Gasteiger partial charge in [-0.15, -0.1) is 0 Å². The van der Waals surface area contributed by atoms with E-state index in [1.165, 1.54) is 12.3 Å². The lowest BCUT2D eigenvalue weighted by atomic mass is 10.0. The Morgan fingerprint density at radius 2 is 2.10 bits per heavy atom. The molecule has 6 heteroatoms. The number of rotatable bonds is 7. The number of amides is 1. The molecular weight excluding hydrogens is 271 g/mol. The van der Waals surface area contributed by atoms with Gasteiger partial charge in [0, 0.05) is 25.3 Å². The number of hydrogen-bond donors (Lipinski definition) is 2. The molecule has 0 aromatic carbocycles. The highest BCUT2D eigenvalue weighted by Crippen LogP contribution is 2.15. The molecule has 5 nitrogen and oxygen atoms in total. The van der Waals surface area contributed by atoms with Gasteiger partial charge in [0.15, 0.2) is 11.6 Å². The minimum Gasteiger partial charge on any atom is -0.368 e. The molecule has 1 heterocycles. The van der Waals surface area contributed by atoms with Gasteiger partial charge >= 0.3 is 0 Å². The summed E-state index contributed by atoms with van der Waals surface area (Å²) in [7, 11) is 3.88. The smallest absolute Gasteiger partial charge is 0.254 e. The van der Waals surface area contributed by atoms with Crippen LogP contribution in [-0.2, 0) is 0 Å². The molecule has 0 saturated heterocycles. The van der Waals surface area contributed by atoms with Crippen molar-refractivity contribution >= 4 is 11.7 Å². The Labute approximate surface area is 125 Å². The molecule has 0 radical (unpaired) electrons. The normalized spacial score (nSPS) is 12.6. The van der Waals surface area contributed by atoms with Gasteiger partial charge in [0.25, 0.3) is 5.91 Å². The van der Waals surface area contributed by atoms with E-state index in [-0.39, 0.29) is 23.3 Å². The van der Waals surface area contributed by atoms with E-state index in [0.717, 1.165) is 0 Å². The summed E-state index contributed by atoms with van der Waals surface area (Å²) >= 11 is 0. The summed E-state index contributed by atoms with van der Waals surface area (Å²) in [4.78, 5) is 18.2. The van der Waals surface area contributed by atoms with Crippen LogP contribution in [0.4, 0.5) is 10.2 Å². The molecule has 118 valence electrons. The van der Waals surface area contributed by atoms with Crippen molar-refractivity contribution in [3.8, 4) is 0 Å². The van der Waals surface area contributed by atoms with Crippen LogP contribution < -0.4 is 10.6 Å². The third-order valence-electron chi connectivity index (χ3n) is 3.16. The molecule has 0 bridgehead atoms. The van der Waals surface area contributed by atoms with Gasteiger partial charge in [-0.2, -0.15) is 0 Å². The number of pyridine rings is 1. The molecule has 21 heavy (non-hydrogen) atoms. The zero-order valence-corrected chi connectivity index (χ0v) is 13.4. The molecule has 1 atom stereocenters. The monoisotopic (exact) mass is 296 g/mol. The Bertz CT molecular complexity index is 477. The van der Waals surface area contributed by atoms with Gasteiger partial charge in [-0.1, -0.05) is 13.8 Å². The summed E-state index contributed by atoms with van der Waals surface area (Å²) in [6, 6.07) is 1.36. The second-order valence-electron chi connectivity index (χ2n) is 5.64. The van der Waals surface area contributed by atoms with Crippen molar-refractivity contribution in [2.24, 2.45) is 5.92 Å². The Morgan fingerprint density at radius 1 is 1.43 bits per heavy atom. The van der Waals surface area contributed by atoms with E-state index >= 15 is 0 Å². The maximum atomic E-state index is 14.2. The quantitative estimate of drug-likeness (QED) is 0.808. The number of nitrogens with zero attached hydrogens (tertiary/aromatic N) is 2. The van der Waals surface area contributed by atoms with Crippen LogP contribution >= 0.6 is 0 Å². The first-order valence-corrected chi connectivity index (χ1v) is 7.20. The van der Waals surface area contributed by atoms with Crippen LogP contribution in [0.25, 0.3) is 0 Å². The lowest BCUT2D eigenvalue weighted by Gasteiger charge is -2.25. The van der Waals surface area contributed by atoms with E-state index in [1.807, 2.05) is 39.8 Å². The number of carbonyl (C=O) groups is 1. The van der Waals surface area contributed by atoms with Crippen LogP contribution in [0.15, 0.2) is 12.3 Å². The number of aromatic nitrogens is 1. The van der Waals surface area contributed by atoms with E-state index < -0.39 is 11.7 Å². The largest absolute Gasteiger partial charge is 0.368 e. The lowest BCUT2D eigenvalue weighted by molar-refractivity contribution is 0.0912. The van der Waals surface area contributed by atoms with Gasteiger partial charge in [0.1, 0.15) is 0 Å². The van der Waals surface area contributed by atoms with Crippen LogP contribution in [0.3, 0.4) is 0 Å². The SMILES string of the molecule is CCNc1nccc(C(=O)NC(CN(C)C)C(C)C)c1F. The Hall–Kier alpha value is -1.69. The number of nitrogens with one attached hydrogen (secondary N) is 2. The molecular formula is C15H25FN4O. The first-order valence-electron chi connectivity index (χ1n) is 7.20. The maximum Gasteiger partial charge on any atom is 0.254 e. The van der Waals surface area contributed by atoms with Crippen molar-refractivity contribution in [2.45, 2.75) is 26.8 Å². The molecule has 0 spiro atoms. The van der Waals surface area contributed by atoms with Gasteiger partial charge < -0.3 is 15.5 Å². The number of hydrogen-bond acceptors (Lipinski definition) is 4. The predicted octanol–water partition coefficient (Wildman–Crippen LogP) is 1.97. The highest BCUT2D eigenvalue weighted by atomic mass is 19.1. The Kier molecular flexibility index (Phi) is 6.55. The van der Waals surface area contributed by atoms with Crippen LogP contribution in [0.1, 0.15) is 31.1 Å². The highest BCUT2D eigenvalue weighted by molar-refractivity contribution is 5.95. The molecule has 0 aliphatic carbocycles. The van der Waals surface area contributed by atoms with Crippen LogP contribution in [0, 0.1) is 11.7 Å². The number of carbonyl (C=O) groups excluding carboxylic acids is 1. The van der Waals surface area contributed by atoms with E-state index in [1.54, 1.807) is 0 Å². The molecule has 0 fully saturated rings. The second-order valence-corrected chi connectivity index (χ2v) is 5.64. The average molecular weight is 296 g/mol. The minimum atomic E-state index is -0.607. The van der Waals surface area contributed by atoms with Gasteiger partial charge in [-0.05, 0) is 33.0 Å². The summed E-state index contributed by atoms with van der Waals surface area (Å²) in [5.74, 6) is -0.646. The second kappa shape index (κ2) is 7.93. The maximum absolute atomic E-state index is 14.2. The summed E-state index contributed by atoms with van der Waals surface area (Å²) in [5, 5.41) is 5.70. The molecule has 1 aromatic heterocycles. The van der Waals surface area contributed by atoms with Gasteiger partial charge in [0.05, 0.1) is 5.56 Å². The summed E-state index contributed by atoms with van der Waals surface area (Å²) < 4.78 is 14.2. The van der Waals surface area contributed by atoms with Crippen LogP contribution in [0.2, 0.25) is 0 Å². The van der Waals surface area contributed by atoms with Crippen molar-refractivity contribution in [2.75, 3.05) is 32.5 Å². The average Bonchev–Trinajstić information content (AvgIpc) is 2.39. The third-order valence-corrected chi connectivity index (χ3v) is 3.16. The highest BCUT2D eigenvalue weighted by Gasteiger charge is 2.21. The Balaban J connectivity index is 2.90. The van der Waals surface area contributed by atoms with Crippen molar-refractivity contribution in [1.82, 2.24) is 15.2 Å². The van der Waals surface area contributed by atoms with E-state index in [4.69, 9.17) is 0 Å². The predicted molar refractivity (Wildman–Crippen MR) is 83.0 cm³/mol. The molecule has 1 unspecified atom stereocenters. The minimum absolute atomic E-state index is 0.0188. The third kappa shape index (κ3) is 4.97. The van der Waals surface area contributed by atoms with Crippen molar-refractivity contribution < 1.29 is 9.18 Å².